The largest absolute Gasteiger partial charge is 0.268 e. The van der Waals surface area contributed by atoms with Crippen molar-refractivity contribution in [1.82, 2.24) is 0 Å². The average Bonchev–Trinajstić information content (AvgIpc) is 2.21. The van der Waals surface area contributed by atoms with Crippen LogP contribution in [0.5, 0.6) is 0 Å². The molecule has 0 saturated heterocycles. The molecule has 0 rings (SSSR count). The van der Waals surface area contributed by atoms with E-state index in [2.05, 4.69) is 34.6 Å². The minimum absolute atomic E-state index is 0.227. The molecule has 0 atom stereocenters. The summed E-state index contributed by atoms with van der Waals surface area (Å²) < 4.78 is 26.8. The molecule has 0 radical (unpaired) electrons. The summed E-state index contributed by atoms with van der Waals surface area (Å²) >= 11 is 0. The molecule has 0 bridgehead atoms. The van der Waals surface area contributed by atoms with E-state index in [-0.39, 0.29) is 5.41 Å². The highest BCUT2D eigenvalue weighted by Crippen LogP contribution is 2.34. The van der Waals surface area contributed by atoms with E-state index >= 15 is 0 Å². The summed E-state index contributed by atoms with van der Waals surface area (Å²) in [6, 6.07) is 0. The van der Waals surface area contributed by atoms with Crippen molar-refractivity contribution in [2.24, 2.45) is 16.7 Å². The van der Waals surface area contributed by atoms with Gasteiger partial charge in [-0.25, -0.2) is 8.78 Å². The Labute approximate surface area is 118 Å². The number of halogens is 2. The molecule has 19 heavy (non-hydrogen) atoms. The fourth-order valence-electron chi connectivity index (χ4n) is 1.75. The second-order valence-electron chi connectivity index (χ2n) is 8.00. The fourth-order valence-corrected chi connectivity index (χ4v) is 1.75. The Hall–Kier alpha value is -0.400. The van der Waals surface area contributed by atoms with Gasteiger partial charge in [-0.05, 0) is 42.6 Å². The van der Waals surface area contributed by atoms with E-state index < -0.39 is 11.8 Å². The molecule has 114 valence electrons. The van der Waals surface area contributed by atoms with Crippen molar-refractivity contribution >= 4 is 0 Å². The quantitative estimate of drug-likeness (QED) is 0.467. The zero-order chi connectivity index (χ0) is 15.3. The van der Waals surface area contributed by atoms with Gasteiger partial charge in [0.15, 0.2) is 0 Å². The molecule has 0 heterocycles. The Morgan fingerprint density at radius 1 is 0.895 bits per heavy atom. The summed E-state index contributed by atoms with van der Waals surface area (Å²) in [6.45, 7) is 14.3. The SMILES string of the molecule is CC(C)C(F)(F)/C=C/CCC(C)(C)CCC(C)(C)C. The molecule has 0 amide bonds. The highest BCUT2D eigenvalue weighted by molar-refractivity contribution is 4.97. The fraction of sp³-hybridized carbons (Fsp3) is 0.882. The zero-order valence-electron chi connectivity index (χ0n) is 13.8. The number of alkyl halides is 2. The van der Waals surface area contributed by atoms with Crippen LogP contribution < -0.4 is 0 Å². The Morgan fingerprint density at radius 2 is 1.42 bits per heavy atom. The van der Waals surface area contributed by atoms with Crippen molar-refractivity contribution in [2.75, 3.05) is 0 Å². The van der Waals surface area contributed by atoms with Gasteiger partial charge in [0.05, 0.1) is 0 Å². The topological polar surface area (TPSA) is 0 Å². The molecule has 0 spiro atoms. The molecule has 0 aromatic carbocycles. The molecule has 0 aliphatic heterocycles. The van der Waals surface area contributed by atoms with Gasteiger partial charge in [-0.3, -0.25) is 0 Å². The maximum absolute atomic E-state index is 13.4. The van der Waals surface area contributed by atoms with Gasteiger partial charge in [0.1, 0.15) is 0 Å². The van der Waals surface area contributed by atoms with E-state index in [1.807, 2.05) is 0 Å². The lowest BCUT2D eigenvalue weighted by atomic mass is 9.77. The van der Waals surface area contributed by atoms with Gasteiger partial charge >= 0.3 is 0 Å². The van der Waals surface area contributed by atoms with Crippen molar-refractivity contribution in [1.29, 1.82) is 0 Å². The molecule has 0 saturated carbocycles. The van der Waals surface area contributed by atoms with Crippen LogP contribution in [0.25, 0.3) is 0 Å². The number of allylic oxidation sites excluding steroid dienone is 2. The van der Waals surface area contributed by atoms with Crippen molar-refractivity contribution in [3.05, 3.63) is 12.2 Å². The van der Waals surface area contributed by atoms with Crippen molar-refractivity contribution in [3.8, 4) is 0 Å². The summed E-state index contributed by atoms with van der Waals surface area (Å²) in [5.41, 5.74) is 0.572. The molecule has 0 unspecified atom stereocenters. The van der Waals surface area contributed by atoms with Crippen molar-refractivity contribution in [3.63, 3.8) is 0 Å². The second-order valence-corrected chi connectivity index (χ2v) is 8.00. The predicted molar refractivity (Wildman–Crippen MR) is 80.6 cm³/mol. The van der Waals surface area contributed by atoms with Crippen LogP contribution in [0.4, 0.5) is 8.78 Å². The van der Waals surface area contributed by atoms with Crippen LogP contribution in [0, 0.1) is 16.7 Å². The molecule has 0 aliphatic rings. The van der Waals surface area contributed by atoms with E-state index in [0.717, 1.165) is 25.3 Å². The van der Waals surface area contributed by atoms with Crippen molar-refractivity contribution < 1.29 is 8.78 Å². The van der Waals surface area contributed by atoms with Gasteiger partial charge in [-0.15, -0.1) is 0 Å². The van der Waals surface area contributed by atoms with Crippen molar-refractivity contribution in [2.45, 2.75) is 80.1 Å². The van der Waals surface area contributed by atoms with Gasteiger partial charge in [-0.1, -0.05) is 54.5 Å². The standard InChI is InChI=1S/C17H32F2/c1-14(2)17(18,19)11-9-8-10-16(6,7)13-12-15(3,4)5/h9,11,14H,8,10,12-13H2,1-7H3/b11-9+. The van der Waals surface area contributed by atoms with Crippen LogP contribution in [-0.2, 0) is 0 Å². The lowest BCUT2D eigenvalue weighted by molar-refractivity contribution is 0.00596. The Kier molecular flexibility index (Phi) is 6.71. The van der Waals surface area contributed by atoms with Crippen LogP contribution in [0.1, 0.15) is 74.1 Å². The smallest absolute Gasteiger partial charge is 0.202 e. The molecule has 0 aromatic heterocycles. The Bertz CT molecular complexity index is 280. The van der Waals surface area contributed by atoms with E-state index in [9.17, 15) is 8.78 Å². The van der Waals surface area contributed by atoms with E-state index in [1.54, 1.807) is 19.9 Å². The van der Waals surface area contributed by atoms with E-state index in [1.165, 1.54) is 6.42 Å². The second kappa shape index (κ2) is 6.85. The molecule has 0 fully saturated rings. The number of hydrogen-bond donors (Lipinski definition) is 0. The third kappa shape index (κ3) is 9.18. The lowest BCUT2D eigenvalue weighted by Crippen LogP contribution is -2.20. The summed E-state index contributed by atoms with van der Waals surface area (Å²) in [6.07, 6.45) is 6.75. The maximum Gasteiger partial charge on any atom is 0.268 e. The third-order valence-corrected chi connectivity index (χ3v) is 3.65. The van der Waals surface area contributed by atoms with E-state index in [4.69, 9.17) is 0 Å². The summed E-state index contributed by atoms with van der Waals surface area (Å²) in [7, 11) is 0. The van der Waals surface area contributed by atoms with Crippen LogP contribution in [-0.4, -0.2) is 5.92 Å². The normalized spacial score (nSPS) is 14.6. The molecule has 2 heteroatoms. The van der Waals surface area contributed by atoms with Gasteiger partial charge in [0.25, 0.3) is 5.92 Å². The first-order valence-electron chi connectivity index (χ1n) is 7.41. The number of hydrogen-bond acceptors (Lipinski definition) is 0. The average molecular weight is 274 g/mol. The first kappa shape index (κ1) is 18.6. The molecular formula is C17H32F2. The minimum Gasteiger partial charge on any atom is -0.202 e. The molecule has 0 aliphatic carbocycles. The van der Waals surface area contributed by atoms with Crippen LogP contribution in [0.15, 0.2) is 12.2 Å². The van der Waals surface area contributed by atoms with Crippen LogP contribution in [0.2, 0.25) is 0 Å². The van der Waals surface area contributed by atoms with Gasteiger partial charge in [0.2, 0.25) is 0 Å². The highest BCUT2D eigenvalue weighted by Gasteiger charge is 2.29. The molecule has 0 nitrogen and oxygen atoms in total. The minimum atomic E-state index is -2.67. The van der Waals surface area contributed by atoms with E-state index in [0.29, 0.717) is 5.41 Å². The first-order chi connectivity index (χ1) is 8.36. The molecular weight excluding hydrogens is 242 g/mol. The van der Waals surface area contributed by atoms with Gasteiger partial charge in [-0.2, -0.15) is 0 Å². The maximum atomic E-state index is 13.4. The predicted octanol–water partition coefficient (Wildman–Crippen LogP) is 6.47. The Balaban J connectivity index is 4.15. The van der Waals surface area contributed by atoms with Gasteiger partial charge in [0, 0.05) is 5.92 Å². The zero-order valence-corrected chi connectivity index (χ0v) is 13.8. The number of rotatable bonds is 7. The summed E-state index contributed by atoms with van der Waals surface area (Å²) in [5.74, 6) is -3.30. The third-order valence-electron chi connectivity index (χ3n) is 3.65. The monoisotopic (exact) mass is 274 g/mol. The highest BCUT2D eigenvalue weighted by atomic mass is 19.3. The molecule has 0 N–H and O–H groups in total. The molecule has 0 aromatic rings. The van der Waals surface area contributed by atoms with Crippen LogP contribution >= 0.6 is 0 Å². The Morgan fingerprint density at radius 3 is 1.84 bits per heavy atom. The lowest BCUT2D eigenvalue weighted by Gasteiger charge is -2.28. The first-order valence-corrected chi connectivity index (χ1v) is 7.41. The summed E-state index contributed by atoms with van der Waals surface area (Å²) in [4.78, 5) is 0. The van der Waals surface area contributed by atoms with Crippen LogP contribution in [0.3, 0.4) is 0 Å². The van der Waals surface area contributed by atoms with Gasteiger partial charge < -0.3 is 0 Å². The summed E-state index contributed by atoms with van der Waals surface area (Å²) in [5, 5.41) is 0.